The van der Waals surface area contributed by atoms with Crippen LogP contribution in [0.25, 0.3) is 0 Å². The fraction of sp³-hybridized carbons (Fsp3) is 0.833. The molecule has 1 N–H and O–H groups in total. The van der Waals surface area contributed by atoms with Gasteiger partial charge in [-0.1, -0.05) is 13.8 Å². The summed E-state index contributed by atoms with van der Waals surface area (Å²) in [6.07, 6.45) is -0.0409. The third-order valence-electron chi connectivity index (χ3n) is 3.32. The third kappa shape index (κ3) is 2.60. The number of hydrogen-bond donors (Lipinski definition) is 1. The summed E-state index contributed by atoms with van der Waals surface area (Å²) < 4.78 is 0. The molecule has 2 heterocycles. The van der Waals surface area contributed by atoms with Crippen LogP contribution in [-0.4, -0.2) is 59.0 Å². The molecule has 0 aromatic heterocycles. The summed E-state index contributed by atoms with van der Waals surface area (Å²) in [5, 5.41) is 9.16. The first-order valence-corrected chi connectivity index (χ1v) is 6.22. The molecule has 2 aliphatic heterocycles. The largest absolute Gasteiger partial charge is 0.389 e. The highest BCUT2D eigenvalue weighted by atomic mass is 16.3. The van der Waals surface area contributed by atoms with Gasteiger partial charge in [0.05, 0.1) is 12.0 Å². The van der Waals surface area contributed by atoms with Crippen molar-refractivity contribution in [2.45, 2.75) is 26.4 Å². The molecule has 1 atom stereocenters. The molecule has 0 bridgehead atoms. The minimum Gasteiger partial charge on any atom is -0.389 e. The van der Waals surface area contributed by atoms with Gasteiger partial charge < -0.3 is 14.9 Å². The molecule has 0 aromatic carbocycles. The predicted molar refractivity (Wildman–Crippen MR) is 62.1 cm³/mol. The highest BCUT2D eigenvalue weighted by Gasteiger charge is 2.39. The lowest BCUT2D eigenvalue weighted by atomic mass is 10.0. The van der Waals surface area contributed by atoms with Crippen molar-refractivity contribution in [2.75, 3.05) is 26.2 Å². The molecule has 0 aromatic rings. The number of β-amino-alcohol motifs (C(OH)–C–C–N with tert-alkyl or cyclic N) is 1. The monoisotopic (exact) mass is 240 g/mol. The van der Waals surface area contributed by atoms with Crippen molar-refractivity contribution in [1.29, 1.82) is 0 Å². The summed E-state index contributed by atoms with van der Waals surface area (Å²) in [5.74, 6) is 0.334. The molecule has 0 aliphatic carbocycles. The van der Waals surface area contributed by atoms with Crippen molar-refractivity contribution in [3.8, 4) is 0 Å². The van der Waals surface area contributed by atoms with Gasteiger partial charge in [0.25, 0.3) is 0 Å². The van der Waals surface area contributed by atoms with Crippen molar-refractivity contribution < 1.29 is 14.7 Å². The quantitative estimate of drug-likeness (QED) is 0.736. The van der Waals surface area contributed by atoms with Crippen LogP contribution in [-0.2, 0) is 9.59 Å². The smallest absolute Gasteiger partial charge is 0.228 e. The highest BCUT2D eigenvalue weighted by Crippen LogP contribution is 2.23. The zero-order valence-corrected chi connectivity index (χ0v) is 10.4. The summed E-state index contributed by atoms with van der Waals surface area (Å²) in [5.41, 5.74) is 0. The number of nitrogens with zero attached hydrogens (tertiary/aromatic N) is 2. The van der Waals surface area contributed by atoms with Crippen LogP contribution in [0.15, 0.2) is 0 Å². The number of aliphatic hydroxyl groups excluding tert-OH is 1. The van der Waals surface area contributed by atoms with Gasteiger partial charge >= 0.3 is 0 Å². The molecular weight excluding hydrogens is 220 g/mol. The van der Waals surface area contributed by atoms with Crippen molar-refractivity contribution in [2.24, 2.45) is 11.8 Å². The van der Waals surface area contributed by atoms with Gasteiger partial charge in [0.1, 0.15) is 0 Å². The predicted octanol–water partition coefficient (Wildman–Crippen LogP) is -0.306. The van der Waals surface area contributed by atoms with E-state index in [1.165, 1.54) is 0 Å². The zero-order chi connectivity index (χ0) is 12.6. The van der Waals surface area contributed by atoms with Crippen LogP contribution in [0.4, 0.5) is 0 Å². The lowest BCUT2D eigenvalue weighted by molar-refractivity contribution is -0.145. The second-order valence-corrected chi connectivity index (χ2v) is 5.49. The summed E-state index contributed by atoms with van der Waals surface area (Å²) >= 11 is 0. The molecule has 2 fully saturated rings. The van der Waals surface area contributed by atoms with Crippen LogP contribution >= 0.6 is 0 Å². The maximum absolute atomic E-state index is 12.0. The van der Waals surface area contributed by atoms with Crippen molar-refractivity contribution >= 4 is 11.8 Å². The van der Waals surface area contributed by atoms with Crippen molar-refractivity contribution in [3.05, 3.63) is 0 Å². The Morgan fingerprint density at radius 1 is 1.41 bits per heavy atom. The van der Waals surface area contributed by atoms with E-state index in [1.54, 1.807) is 9.80 Å². The number of amides is 2. The Hall–Kier alpha value is -1.10. The van der Waals surface area contributed by atoms with Gasteiger partial charge in [0.2, 0.25) is 11.8 Å². The average Bonchev–Trinajstić information content (AvgIpc) is 2.54. The van der Waals surface area contributed by atoms with Crippen LogP contribution in [0.1, 0.15) is 20.3 Å². The number of hydrogen-bond acceptors (Lipinski definition) is 3. The summed E-state index contributed by atoms with van der Waals surface area (Å²) in [6.45, 7) is 6.25. The first kappa shape index (κ1) is 12.4. The zero-order valence-electron chi connectivity index (χ0n) is 10.4. The molecule has 2 saturated heterocycles. The molecule has 5 nitrogen and oxygen atoms in total. The molecule has 2 rings (SSSR count). The Kier molecular flexibility index (Phi) is 3.38. The van der Waals surface area contributed by atoms with Gasteiger partial charge in [-0.15, -0.1) is 0 Å². The van der Waals surface area contributed by atoms with E-state index in [0.29, 0.717) is 32.0 Å². The summed E-state index contributed by atoms with van der Waals surface area (Å²) in [6, 6.07) is 0. The Balaban J connectivity index is 1.88. The normalized spacial score (nSPS) is 25.6. The van der Waals surface area contributed by atoms with Gasteiger partial charge in [-0.25, -0.2) is 0 Å². The first-order chi connectivity index (χ1) is 7.97. The van der Waals surface area contributed by atoms with Gasteiger partial charge in [-0.2, -0.15) is 0 Å². The second kappa shape index (κ2) is 4.64. The SMILES string of the molecule is CC(C)CN1CC(C(=O)N2CC(O)C2)CC1=O. The van der Waals surface area contributed by atoms with Crippen LogP contribution < -0.4 is 0 Å². The molecule has 2 amide bonds. The molecular formula is C12H20N2O3. The van der Waals surface area contributed by atoms with Crippen molar-refractivity contribution in [3.63, 3.8) is 0 Å². The minimum atomic E-state index is -0.372. The molecule has 1 unspecified atom stereocenters. The Labute approximate surface area is 101 Å². The molecule has 0 radical (unpaired) electrons. The fourth-order valence-electron chi connectivity index (χ4n) is 2.45. The van der Waals surface area contributed by atoms with Crippen LogP contribution in [0.3, 0.4) is 0 Å². The molecule has 0 saturated carbocycles. The van der Waals surface area contributed by atoms with E-state index in [0.717, 1.165) is 6.54 Å². The Morgan fingerprint density at radius 2 is 2.06 bits per heavy atom. The number of rotatable bonds is 3. The second-order valence-electron chi connectivity index (χ2n) is 5.49. The van der Waals surface area contributed by atoms with E-state index < -0.39 is 0 Å². The lowest BCUT2D eigenvalue weighted by Crippen LogP contribution is -2.55. The van der Waals surface area contributed by atoms with E-state index in [1.807, 2.05) is 0 Å². The van der Waals surface area contributed by atoms with Crippen LogP contribution in [0, 0.1) is 11.8 Å². The first-order valence-electron chi connectivity index (χ1n) is 6.22. The topological polar surface area (TPSA) is 60.9 Å². The van der Waals surface area contributed by atoms with E-state index in [-0.39, 0.29) is 23.8 Å². The van der Waals surface area contributed by atoms with E-state index in [4.69, 9.17) is 5.11 Å². The van der Waals surface area contributed by atoms with Crippen LogP contribution in [0.5, 0.6) is 0 Å². The third-order valence-corrected chi connectivity index (χ3v) is 3.32. The van der Waals surface area contributed by atoms with E-state index >= 15 is 0 Å². The number of aliphatic hydroxyl groups is 1. The minimum absolute atomic E-state index is 0.0231. The Morgan fingerprint density at radius 3 is 2.59 bits per heavy atom. The highest BCUT2D eigenvalue weighted by molar-refractivity contribution is 5.89. The van der Waals surface area contributed by atoms with Gasteiger partial charge in [0.15, 0.2) is 0 Å². The number of carbonyl (C=O) groups excluding carboxylic acids is 2. The molecule has 17 heavy (non-hydrogen) atoms. The average molecular weight is 240 g/mol. The van der Waals surface area contributed by atoms with Crippen LogP contribution in [0.2, 0.25) is 0 Å². The molecule has 5 heteroatoms. The summed E-state index contributed by atoms with van der Waals surface area (Å²) in [7, 11) is 0. The maximum Gasteiger partial charge on any atom is 0.228 e. The van der Waals surface area contributed by atoms with E-state index in [9.17, 15) is 9.59 Å². The number of carbonyl (C=O) groups is 2. The lowest BCUT2D eigenvalue weighted by Gasteiger charge is -2.37. The van der Waals surface area contributed by atoms with E-state index in [2.05, 4.69) is 13.8 Å². The Bertz CT molecular complexity index is 324. The number of likely N-dealkylation sites (tertiary alicyclic amines) is 2. The fourth-order valence-corrected chi connectivity index (χ4v) is 2.45. The van der Waals surface area contributed by atoms with Gasteiger partial charge in [0, 0.05) is 32.6 Å². The molecule has 2 aliphatic rings. The van der Waals surface area contributed by atoms with Crippen molar-refractivity contribution in [1.82, 2.24) is 9.80 Å². The molecule has 96 valence electrons. The van der Waals surface area contributed by atoms with Gasteiger partial charge in [-0.3, -0.25) is 9.59 Å². The molecule has 0 spiro atoms. The maximum atomic E-state index is 12.0. The standard InChI is InChI=1S/C12H20N2O3/c1-8(2)4-13-5-9(3-11(13)16)12(17)14-6-10(15)7-14/h8-10,15H,3-7H2,1-2H3. The van der Waals surface area contributed by atoms with Gasteiger partial charge in [-0.05, 0) is 5.92 Å². The summed E-state index contributed by atoms with van der Waals surface area (Å²) in [4.78, 5) is 27.1.